The predicted octanol–water partition coefficient (Wildman–Crippen LogP) is 5.62. The van der Waals surface area contributed by atoms with E-state index in [1.807, 2.05) is 6.92 Å². The molecule has 0 bridgehead atoms. The maximum atomic E-state index is 15.8. The maximum absolute atomic E-state index is 15.8. The molecule has 12 heteroatoms. The van der Waals surface area contributed by atoms with Crippen LogP contribution in [0.5, 0.6) is 0 Å². The summed E-state index contributed by atoms with van der Waals surface area (Å²) in [6.07, 6.45) is 9.70. The number of carbonyl (C=O) groups excluding carboxylic acids is 1. The van der Waals surface area contributed by atoms with Crippen LogP contribution in [0, 0.1) is 11.6 Å². The van der Waals surface area contributed by atoms with Gasteiger partial charge in [-0.3, -0.25) is 14.1 Å². The number of halogens is 2. The summed E-state index contributed by atoms with van der Waals surface area (Å²) in [4.78, 5) is 26.9. The number of hydrogen-bond donors (Lipinski definition) is 1. The summed E-state index contributed by atoms with van der Waals surface area (Å²) in [5.74, 6) is -3.51. The van der Waals surface area contributed by atoms with E-state index in [0.717, 1.165) is 35.7 Å². The SMILES string of the molecule is CCCCCC(C)c1c(C(=O)c2c(F)ccc(NS(=O)(=O)N(C)CC)c2F)c2cccnc2n1-c1cncnc1. The molecule has 0 radical (unpaired) electrons. The van der Waals surface area contributed by atoms with Gasteiger partial charge in [0.05, 0.1) is 34.9 Å². The van der Waals surface area contributed by atoms with Gasteiger partial charge >= 0.3 is 10.2 Å². The number of nitrogens with one attached hydrogen (secondary N) is 1. The predicted molar refractivity (Wildman–Crippen MR) is 150 cm³/mol. The highest BCUT2D eigenvalue weighted by atomic mass is 32.2. The van der Waals surface area contributed by atoms with Crippen LogP contribution < -0.4 is 4.72 Å². The molecule has 0 aliphatic heterocycles. The third-order valence-corrected chi connectivity index (χ3v) is 8.47. The first kappa shape index (κ1) is 29.2. The van der Waals surface area contributed by atoms with Gasteiger partial charge in [0.1, 0.15) is 17.8 Å². The Bertz CT molecular complexity index is 1630. The molecule has 3 heterocycles. The van der Waals surface area contributed by atoms with Crippen molar-refractivity contribution in [2.45, 2.75) is 52.4 Å². The largest absolute Gasteiger partial charge is 0.301 e. The topological polar surface area (TPSA) is 110 Å². The first-order chi connectivity index (χ1) is 19.1. The Morgan fingerprint density at radius 3 is 2.50 bits per heavy atom. The van der Waals surface area contributed by atoms with Crippen molar-refractivity contribution in [1.29, 1.82) is 0 Å². The number of rotatable bonds is 12. The fourth-order valence-corrected chi connectivity index (χ4v) is 5.63. The van der Waals surface area contributed by atoms with E-state index in [1.165, 1.54) is 13.4 Å². The Kier molecular flexibility index (Phi) is 8.89. The van der Waals surface area contributed by atoms with Gasteiger partial charge in [0.2, 0.25) is 5.78 Å². The molecule has 0 spiro atoms. The second-order valence-electron chi connectivity index (χ2n) is 9.60. The summed E-state index contributed by atoms with van der Waals surface area (Å²) in [5.41, 5.74) is 0.210. The molecule has 0 amide bonds. The van der Waals surface area contributed by atoms with Crippen LogP contribution in [-0.2, 0) is 10.2 Å². The fourth-order valence-electron chi connectivity index (χ4n) is 4.70. The Hall–Kier alpha value is -3.77. The van der Waals surface area contributed by atoms with Crippen LogP contribution >= 0.6 is 0 Å². The van der Waals surface area contributed by atoms with Gasteiger partial charge in [-0.25, -0.2) is 23.7 Å². The average molecular weight is 571 g/mol. The van der Waals surface area contributed by atoms with Gasteiger partial charge in [0.15, 0.2) is 5.82 Å². The van der Waals surface area contributed by atoms with Crippen LogP contribution in [0.4, 0.5) is 14.5 Å². The van der Waals surface area contributed by atoms with Crippen molar-refractivity contribution in [1.82, 2.24) is 23.8 Å². The lowest BCUT2D eigenvalue weighted by Gasteiger charge is -2.19. The highest BCUT2D eigenvalue weighted by Gasteiger charge is 2.32. The van der Waals surface area contributed by atoms with Gasteiger partial charge in [-0.05, 0) is 36.6 Å². The van der Waals surface area contributed by atoms with Crippen molar-refractivity contribution in [3.05, 3.63) is 77.6 Å². The number of benzene rings is 1. The summed E-state index contributed by atoms with van der Waals surface area (Å²) < 4.78 is 61.1. The van der Waals surface area contributed by atoms with Crippen molar-refractivity contribution in [2.24, 2.45) is 0 Å². The van der Waals surface area contributed by atoms with Crippen molar-refractivity contribution >= 4 is 32.7 Å². The lowest BCUT2D eigenvalue weighted by molar-refractivity contribution is 0.103. The maximum Gasteiger partial charge on any atom is 0.301 e. The summed E-state index contributed by atoms with van der Waals surface area (Å²) in [7, 11) is -2.81. The highest BCUT2D eigenvalue weighted by Crippen LogP contribution is 2.37. The molecule has 0 saturated heterocycles. The Morgan fingerprint density at radius 2 is 1.82 bits per heavy atom. The molecule has 0 aliphatic rings. The number of nitrogens with zero attached hydrogens (tertiary/aromatic N) is 5. The molecule has 212 valence electrons. The van der Waals surface area contributed by atoms with Gasteiger partial charge in [0.25, 0.3) is 0 Å². The Balaban J connectivity index is 1.96. The van der Waals surface area contributed by atoms with Gasteiger partial charge in [0, 0.05) is 30.9 Å². The quantitative estimate of drug-likeness (QED) is 0.175. The number of ketones is 1. The summed E-state index contributed by atoms with van der Waals surface area (Å²) in [6.45, 7) is 5.78. The van der Waals surface area contributed by atoms with E-state index in [9.17, 15) is 13.2 Å². The molecule has 4 rings (SSSR count). The third-order valence-electron chi connectivity index (χ3n) is 6.92. The second-order valence-corrected chi connectivity index (χ2v) is 11.4. The van der Waals surface area contributed by atoms with Gasteiger partial charge in [-0.1, -0.05) is 40.0 Å². The lowest BCUT2D eigenvalue weighted by Crippen LogP contribution is -2.32. The standard InChI is InChI=1S/C28H32F2N6O3S/c1-5-7-8-10-18(3)26-23(20-11-9-14-33-28(20)36(26)19-15-31-17-32-16-19)27(37)24-21(29)12-13-22(25(24)30)34-40(38,39)35(4)6-2/h9,11-18,34H,5-8,10H2,1-4H3. The minimum absolute atomic E-state index is 0.0967. The smallest absolute Gasteiger partial charge is 0.294 e. The number of anilines is 1. The van der Waals surface area contributed by atoms with Gasteiger partial charge < -0.3 is 0 Å². The van der Waals surface area contributed by atoms with E-state index >= 15 is 8.78 Å². The molecular weight excluding hydrogens is 538 g/mol. The average Bonchev–Trinajstić information content (AvgIpc) is 3.30. The third kappa shape index (κ3) is 5.59. The van der Waals surface area contributed by atoms with Crippen molar-refractivity contribution in [2.75, 3.05) is 18.3 Å². The molecule has 1 unspecified atom stereocenters. The van der Waals surface area contributed by atoms with E-state index in [4.69, 9.17) is 0 Å². The molecule has 1 aromatic carbocycles. The molecule has 4 aromatic rings. The second kappa shape index (κ2) is 12.2. The van der Waals surface area contributed by atoms with Gasteiger partial charge in [-0.2, -0.15) is 12.7 Å². The number of fused-ring (bicyclic) bond motifs is 1. The summed E-state index contributed by atoms with van der Waals surface area (Å²) in [5, 5.41) is 0.407. The van der Waals surface area contributed by atoms with Crippen LogP contribution in [-0.4, -0.2) is 51.6 Å². The van der Waals surface area contributed by atoms with Crippen LogP contribution in [0.25, 0.3) is 16.7 Å². The highest BCUT2D eigenvalue weighted by molar-refractivity contribution is 7.90. The summed E-state index contributed by atoms with van der Waals surface area (Å²) >= 11 is 0. The fraction of sp³-hybridized carbons (Fsp3) is 0.357. The van der Waals surface area contributed by atoms with E-state index < -0.39 is 38.9 Å². The molecule has 9 nitrogen and oxygen atoms in total. The molecule has 0 saturated carbocycles. The summed E-state index contributed by atoms with van der Waals surface area (Å²) in [6, 6.07) is 5.17. The van der Waals surface area contributed by atoms with E-state index in [2.05, 4.69) is 26.6 Å². The minimum Gasteiger partial charge on any atom is -0.294 e. The number of unbranched alkanes of at least 4 members (excludes halogenated alkanes) is 2. The molecule has 0 aliphatic carbocycles. The first-order valence-electron chi connectivity index (χ1n) is 13.1. The van der Waals surface area contributed by atoms with Crippen LogP contribution in [0.3, 0.4) is 0 Å². The zero-order valence-corrected chi connectivity index (χ0v) is 23.7. The van der Waals surface area contributed by atoms with Crippen LogP contribution in [0.1, 0.15) is 74.0 Å². The van der Waals surface area contributed by atoms with Gasteiger partial charge in [-0.15, -0.1) is 0 Å². The molecule has 0 fully saturated rings. The van der Waals surface area contributed by atoms with E-state index in [1.54, 1.807) is 42.2 Å². The zero-order chi connectivity index (χ0) is 29.0. The first-order valence-corrected chi connectivity index (χ1v) is 14.6. The van der Waals surface area contributed by atoms with Crippen molar-refractivity contribution in [3.8, 4) is 5.69 Å². The zero-order valence-electron chi connectivity index (χ0n) is 22.9. The van der Waals surface area contributed by atoms with E-state index in [0.29, 0.717) is 28.8 Å². The number of pyridine rings is 1. The molecule has 1 atom stereocenters. The Labute approximate surface area is 232 Å². The number of aromatic nitrogens is 4. The van der Waals surface area contributed by atoms with Crippen molar-refractivity contribution < 1.29 is 22.0 Å². The van der Waals surface area contributed by atoms with Crippen molar-refractivity contribution in [3.63, 3.8) is 0 Å². The lowest BCUT2D eigenvalue weighted by atomic mass is 9.91. The normalized spacial score (nSPS) is 12.7. The van der Waals surface area contributed by atoms with E-state index in [-0.39, 0.29) is 18.0 Å². The van der Waals surface area contributed by atoms with Crippen LogP contribution in [0.2, 0.25) is 0 Å². The molecule has 40 heavy (non-hydrogen) atoms. The van der Waals surface area contributed by atoms with Crippen LogP contribution in [0.15, 0.2) is 49.2 Å². The number of carbonyl (C=O) groups is 1. The molecule has 1 N–H and O–H groups in total. The Morgan fingerprint density at radius 1 is 1.10 bits per heavy atom. The molecule has 3 aromatic heterocycles. The molecular formula is C28H32F2N6O3S. The monoisotopic (exact) mass is 570 g/mol. The number of hydrogen-bond acceptors (Lipinski definition) is 6. The minimum atomic E-state index is -4.13.